The van der Waals surface area contributed by atoms with Crippen molar-refractivity contribution in [3.05, 3.63) is 112 Å². The summed E-state index contributed by atoms with van der Waals surface area (Å²) in [4.78, 5) is 17.8. The number of aromatic nitrogens is 3. The average Bonchev–Trinajstić information content (AvgIpc) is 3.29. The molecule has 5 rings (SSSR count). The van der Waals surface area contributed by atoms with Crippen LogP contribution >= 0.6 is 0 Å². The zero-order valence-electron chi connectivity index (χ0n) is 20.0. The van der Waals surface area contributed by atoms with E-state index in [1.807, 2.05) is 53.1 Å². The van der Waals surface area contributed by atoms with E-state index in [1.165, 1.54) is 0 Å². The minimum atomic E-state index is -0.221. The van der Waals surface area contributed by atoms with Crippen molar-refractivity contribution in [1.82, 2.24) is 19.7 Å². The Labute approximate surface area is 205 Å². The first-order chi connectivity index (χ1) is 17.2. The molecular weight excluding hydrogens is 438 g/mol. The smallest absolute Gasteiger partial charge is 0.344 e. The number of ether oxygens (including phenoxy) is 1. The molecule has 0 atom stereocenters. The normalized spacial score (nSPS) is 14.4. The molecule has 1 aliphatic heterocycles. The van der Waals surface area contributed by atoms with Crippen molar-refractivity contribution in [2.75, 3.05) is 44.7 Å². The zero-order valence-corrected chi connectivity index (χ0v) is 20.0. The quantitative estimate of drug-likeness (QED) is 0.427. The number of aromatic amines is 1. The second kappa shape index (κ2) is 10.6. The first kappa shape index (κ1) is 22.9. The highest BCUT2D eigenvalue weighted by molar-refractivity contribution is 5.58. The van der Waals surface area contributed by atoms with Gasteiger partial charge < -0.3 is 9.64 Å². The first-order valence-electron chi connectivity index (χ1n) is 12.1. The lowest BCUT2D eigenvalue weighted by Gasteiger charge is -2.36. The van der Waals surface area contributed by atoms with Gasteiger partial charge in [0.05, 0.1) is 18.8 Å². The lowest BCUT2D eigenvalue weighted by atomic mass is 9.98. The highest BCUT2D eigenvalue weighted by atomic mass is 16.5. The Morgan fingerprint density at radius 2 is 1.46 bits per heavy atom. The summed E-state index contributed by atoms with van der Waals surface area (Å²) in [5.41, 5.74) is 3.09. The minimum absolute atomic E-state index is 0.182. The lowest BCUT2D eigenvalue weighted by Crippen LogP contribution is -2.47. The molecule has 1 saturated heterocycles. The van der Waals surface area contributed by atoms with E-state index in [0.29, 0.717) is 6.42 Å². The summed E-state index contributed by atoms with van der Waals surface area (Å²) < 4.78 is 7.36. The Bertz CT molecular complexity index is 1240. The third-order valence-corrected chi connectivity index (χ3v) is 6.72. The number of nitrogens with one attached hydrogen (secondary N) is 1. The van der Waals surface area contributed by atoms with Gasteiger partial charge >= 0.3 is 5.69 Å². The highest BCUT2D eigenvalue weighted by Crippen LogP contribution is 2.29. The fourth-order valence-electron chi connectivity index (χ4n) is 4.90. The van der Waals surface area contributed by atoms with Crippen LogP contribution in [0.1, 0.15) is 23.0 Å². The van der Waals surface area contributed by atoms with Crippen molar-refractivity contribution >= 4 is 5.69 Å². The van der Waals surface area contributed by atoms with Gasteiger partial charge in [0.15, 0.2) is 0 Å². The second-order valence-corrected chi connectivity index (χ2v) is 8.79. The SMILES string of the molecule is COc1ccccc1N1CCN(CCc2n[nH]c(=O)n2C(c2ccccc2)c2ccccc2)CC1. The van der Waals surface area contributed by atoms with Gasteiger partial charge in [0.25, 0.3) is 0 Å². The molecule has 7 nitrogen and oxygen atoms in total. The van der Waals surface area contributed by atoms with Crippen LogP contribution in [-0.2, 0) is 6.42 Å². The van der Waals surface area contributed by atoms with Crippen molar-refractivity contribution in [2.45, 2.75) is 12.5 Å². The molecule has 1 aromatic heterocycles. The molecule has 0 spiro atoms. The first-order valence-corrected chi connectivity index (χ1v) is 12.1. The summed E-state index contributed by atoms with van der Waals surface area (Å²) in [6.07, 6.45) is 0.698. The Balaban J connectivity index is 1.31. The molecule has 0 unspecified atom stereocenters. The van der Waals surface area contributed by atoms with E-state index >= 15 is 0 Å². The molecule has 35 heavy (non-hydrogen) atoms. The van der Waals surface area contributed by atoms with E-state index in [9.17, 15) is 4.79 Å². The van der Waals surface area contributed by atoms with Crippen molar-refractivity contribution in [2.24, 2.45) is 0 Å². The number of benzene rings is 3. The van der Waals surface area contributed by atoms with Crippen LogP contribution < -0.4 is 15.3 Å². The summed E-state index contributed by atoms with van der Waals surface area (Å²) in [5, 5.41) is 7.13. The van der Waals surface area contributed by atoms with Crippen LogP contribution in [0.2, 0.25) is 0 Å². The molecule has 4 aromatic rings. The Morgan fingerprint density at radius 1 is 0.857 bits per heavy atom. The minimum Gasteiger partial charge on any atom is -0.495 e. The molecule has 0 saturated carbocycles. The van der Waals surface area contributed by atoms with E-state index < -0.39 is 0 Å². The lowest BCUT2D eigenvalue weighted by molar-refractivity contribution is 0.257. The molecule has 0 radical (unpaired) electrons. The van der Waals surface area contributed by atoms with Gasteiger partial charge in [-0.05, 0) is 23.3 Å². The van der Waals surface area contributed by atoms with Gasteiger partial charge in [0.2, 0.25) is 0 Å². The summed E-state index contributed by atoms with van der Waals surface area (Å²) in [6, 6.07) is 28.3. The number of anilines is 1. The van der Waals surface area contributed by atoms with Crippen LogP contribution in [0.15, 0.2) is 89.7 Å². The molecule has 0 amide bonds. The van der Waals surface area contributed by atoms with E-state index in [4.69, 9.17) is 4.74 Å². The number of piperazine rings is 1. The largest absolute Gasteiger partial charge is 0.495 e. The van der Waals surface area contributed by atoms with Gasteiger partial charge in [0, 0.05) is 39.1 Å². The molecule has 3 aromatic carbocycles. The fourth-order valence-corrected chi connectivity index (χ4v) is 4.90. The van der Waals surface area contributed by atoms with E-state index in [2.05, 4.69) is 56.4 Å². The maximum atomic E-state index is 13.0. The summed E-state index contributed by atoms with van der Waals surface area (Å²) in [7, 11) is 1.72. The molecule has 180 valence electrons. The predicted molar refractivity (Wildman–Crippen MR) is 138 cm³/mol. The predicted octanol–water partition coefficient (Wildman–Crippen LogP) is 3.58. The number of methoxy groups -OCH3 is 1. The second-order valence-electron chi connectivity index (χ2n) is 8.79. The van der Waals surface area contributed by atoms with Crippen molar-refractivity contribution < 1.29 is 4.74 Å². The van der Waals surface area contributed by atoms with Gasteiger partial charge in [-0.25, -0.2) is 9.89 Å². The average molecular weight is 470 g/mol. The monoisotopic (exact) mass is 469 g/mol. The molecule has 0 bridgehead atoms. The Hall–Kier alpha value is -3.84. The number of para-hydroxylation sites is 2. The van der Waals surface area contributed by atoms with Gasteiger partial charge in [-0.3, -0.25) is 9.47 Å². The van der Waals surface area contributed by atoms with Crippen molar-refractivity contribution in [3.63, 3.8) is 0 Å². The maximum Gasteiger partial charge on any atom is 0.344 e. The van der Waals surface area contributed by atoms with Gasteiger partial charge in [-0.1, -0.05) is 72.8 Å². The number of rotatable bonds is 8. The third kappa shape index (κ3) is 5.00. The molecule has 1 N–H and O–H groups in total. The Morgan fingerprint density at radius 3 is 2.09 bits per heavy atom. The number of hydrogen-bond donors (Lipinski definition) is 1. The third-order valence-electron chi connectivity index (χ3n) is 6.72. The van der Waals surface area contributed by atoms with Crippen LogP contribution in [0.4, 0.5) is 5.69 Å². The Kier molecular flexibility index (Phi) is 6.95. The summed E-state index contributed by atoms with van der Waals surface area (Å²) in [6.45, 7) is 4.62. The van der Waals surface area contributed by atoms with E-state index in [-0.39, 0.29) is 11.7 Å². The maximum absolute atomic E-state index is 13.0. The number of H-pyrrole nitrogens is 1. The van der Waals surface area contributed by atoms with Gasteiger partial charge in [-0.2, -0.15) is 5.10 Å². The van der Waals surface area contributed by atoms with Gasteiger partial charge in [0.1, 0.15) is 11.6 Å². The van der Waals surface area contributed by atoms with Crippen LogP contribution in [0, 0.1) is 0 Å². The fraction of sp³-hybridized carbons (Fsp3) is 0.286. The molecule has 2 heterocycles. The van der Waals surface area contributed by atoms with E-state index in [0.717, 1.165) is 61.1 Å². The topological polar surface area (TPSA) is 66.4 Å². The standard InChI is InChI=1S/C28H31N5O2/c1-35-25-15-9-8-14-24(25)32-20-18-31(19-21-32)17-16-26-29-30-28(34)33(26)27(22-10-4-2-5-11-22)23-12-6-3-7-13-23/h2-15,27H,16-21H2,1H3,(H,30,34). The van der Waals surface area contributed by atoms with Crippen LogP contribution in [0.3, 0.4) is 0 Å². The number of hydrogen-bond acceptors (Lipinski definition) is 5. The highest BCUT2D eigenvalue weighted by Gasteiger charge is 2.24. The number of nitrogens with zero attached hydrogens (tertiary/aromatic N) is 4. The van der Waals surface area contributed by atoms with Gasteiger partial charge in [-0.15, -0.1) is 0 Å². The van der Waals surface area contributed by atoms with Crippen molar-refractivity contribution in [1.29, 1.82) is 0 Å². The molecular formula is C28H31N5O2. The van der Waals surface area contributed by atoms with Crippen LogP contribution in [0.25, 0.3) is 0 Å². The zero-order chi connectivity index (χ0) is 24.0. The molecule has 1 aliphatic rings. The summed E-state index contributed by atoms with van der Waals surface area (Å²) >= 11 is 0. The van der Waals surface area contributed by atoms with Crippen LogP contribution in [-0.4, -0.2) is 59.5 Å². The van der Waals surface area contributed by atoms with Crippen LogP contribution in [0.5, 0.6) is 5.75 Å². The summed E-state index contributed by atoms with van der Waals surface area (Å²) in [5.74, 6) is 1.69. The van der Waals surface area contributed by atoms with E-state index in [1.54, 1.807) is 7.11 Å². The molecule has 0 aliphatic carbocycles. The van der Waals surface area contributed by atoms with Crippen molar-refractivity contribution in [3.8, 4) is 5.75 Å². The molecule has 1 fully saturated rings. The molecule has 7 heteroatoms.